The van der Waals surface area contributed by atoms with Crippen molar-refractivity contribution < 1.29 is 23.9 Å². The number of benzene rings is 2. The van der Waals surface area contributed by atoms with Gasteiger partial charge in [-0.3, -0.25) is 19.8 Å². The molecule has 0 aliphatic carbocycles. The molecule has 0 fully saturated rings. The van der Waals surface area contributed by atoms with E-state index in [-0.39, 0.29) is 24.9 Å². The van der Waals surface area contributed by atoms with E-state index in [1.54, 1.807) is 48.2 Å². The van der Waals surface area contributed by atoms with E-state index in [9.17, 15) is 14.4 Å². The molecule has 0 spiro atoms. The lowest BCUT2D eigenvalue weighted by Crippen LogP contribution is -2.30. The van der Waals surface area contributed by atoms with Gasteiger partial charge >= 0.3 is 5.97 Å². The molecule has 38 heavy (non-hydrogen) atoms. The summed E-state index contributed by atoms with van der Waals surface area (Å²) in [6, 6.07) is 15.7. The number of hydrogen-bond donors (Lipinski definition) is 2. The average Bonchev–Trinajstić information content (AvgIpc) is 2.90. The van der Waals surface area contributed by atoms with Gasteiger partial charge < -0.3 is 14.8 Å². The first-order valence-corrected chi connectivity index (χ1v) is 14.1. The van der Waals surface area contributed by atoms with Gasteiger partial charge in [0, 0.05) is 18.4 Å². The number of nitrogens with zero attached hydrogens (tertiary/aromatic N) is 1. The summed E-state index contributed by atoms with van der Waals surface area (Å²) in [6.45, 7) is 7.65. The smallest absolute Gasteiger partial charge is 0.312 e. The molecule has 0 unspecified atom stereocenters. The lowest BCUT2D eigenvalue weighted by atomic mass is 9.97. The molecule has 2 N–H and O–H groups in total. The van der Waals surface area contributed by atoms with Crippen molar-refractivity contribution in [3.63, 3.8) is 0 Å². The molecule has 8 nitrogen and oxygen atoms in total. The van der Waals surface area contributed by atoms with E-state index in [4.69, 9.17) is 9.47 Å². The van der Waals surface area contributed by atoms with Crippen LogP contribution >= 0.6 is 11.8 Å². The molecule has 0 aliphatic heterocycles. The highest BCUT2D eigenvalue weighted by Crippen LogP contribution is 2.24. The van der Waals surface area contributed by atoms with Crippen molar-refractivity contribution in [1.29, 1.82) is 0 Å². The minimum Gasteiger partial charge on any atom is -0.490 e. The minimum absolute atomic E-state index is 0.148. The molecule has 9 heteroatoms. The van der Waals surface area contributed by atoms with Crippen molar-refractivity contribution in [2.24, 2.45) is 10.5 Å². The van der Waals surface area contributed by atoms with Crippen LogP contribution < -0.4 is 15.5 Å². The van der Waals surface area contributed by atoms with Crippen molar-refractivity contribution in [2.45, 2.75) is 53.4 Å². The SMILES string of the molecule is CCCCCCSCC(C)(C)C(=O)OCCOc1ccc(NC(=O)/C(=N/Nc2ccccc2)C(C)=O)cc1. The van der Waals surface area contributed by atoms with E-state index in [0.29, 0.717) is 17.1 Å². The number of carbonyl (C=O) groups is 3. The van der Waals surface area contributed by atoms with Gasteiger partial charge in [0.15, 0.2) is 11.5 Å². The van der Waals surface area contributed by atoms with E-state index >= 15 is 0 Å². The number of carbonyl (C=O) groups excluding carboxylic acids is 3. The molecule has 1 amide bonds. The largest absolute Gasteiger partial charge is 0.490 e. The third-order valence-electron chi connectivity index (χ3n) is 5.47. The van der Waals surface area contributed by atoms with Crippen LogP contribution in [0.1, 0.15) is 53.4 Å². The van der Waals surface area contributed by atoms with Gasteiger partial charge in [0.05, 0.1) is 11.1 Å². The van der Waals surface area contributed by atoms with Gasteiger partial charge in [-0.05, 0) is 62.4 Å². The topological polar surface area (TPSA) is 106 Å². The predicted molar refractivity (Wildman–Crippen MR) is 155 cm³/mol. The molecule has 2 aromatic rings. The lowest BCUT2D eigenvalue weighted by molar-refractivity contribution is -0.153. The van der Waals surface area contributed by atoms with Gasteiger partial charge in [-0.25, -0.2) is 0 Å². The van der Waals surface area contributed by atoms with E-state index in [0.717, 1.165) is 11.5 Å². The molecule has 2 rings (SSSR count). The van der Waals surface area contributed by atoms with E-state index < -0.39 is 17.1 Å². The van der Waals surface area contributed by atoms with Gasteiger partial charge in [0.25, 0.3) is 5.91 Å². The number of amides is 1. The zero-order valence-electron chi connectivity index (χ0n) is 22.7. The minimum atomic E-state index is -0.622. The molecule has 0 heterocycles. The second-order valence-corrected chi connectivity index (χ2v) is 10.6. The Morgan fingerprint density at radius 3 is 2.29 bits per heavy atom. The van der Waals surface area contributed by atoms with Crippen molar-refractivity contribution in [3.05, 3.63) is 54.6 Å². The highest BCUT2D eigenvalue weighted by Gasteiger charge is 2.29. The third-order valence-corrected chi connectivity index (χ3v) is 6.98. The molecule has 0 aromatic heterocycles. The molecular weight excluding hydrogens is 502 g/mol. The predicted octanol–water partition coefficient (Wildman–Crippen LogP) is 5.94. The second-order valence-electron chi connectivity index (χ2n) is 9.45. The second kappa shape index (κ2) is 16.5. The Morgan fingerprint density at radius 1 is 0.921 bits per heavy atom. The lowest BCUT2D eigenvalue weighted by Gasteiger charge is -2.22. The van der Waals surface area contributed by atoms with E-state index in [2.05, 4.69) is 22.8 Å². The highest BCUT2D eigenvalue weighted by atomic mass is 32.2. The Balaban J connectivity index is 1.75. The number of nitrogens with one attached hydrogen (secondary N) is 2. The Hall–Kier alpha value is -3.33. The molecular formula is C29H39N3O5S. The fourth-order valence-corrected chi connectivity index (χ4v) is 4.43. The summed E-state index contributed by atoms with van der Waals surface area (Å²) in [6.07, 6.45) is 4.89. The molecule has 0 bridgehead atoms. The quantitative estimate of drug-likeness (QED) is 0.0839. The number of ether oxygens (including phenoxy) is 2. The van der Waals surface area contributed by atoms with Crippen LogP contribution in [-0.2, 0) is 19.1 Å². The number of unbranched alkanes of at least 4 members (excludes halogenated alkanes) is 3. The van der Waals surface area contributed by atoms with Crippen LogP contribution in [0.5, 0.6) is 5.75 Å². The number of Topliss-reactive ketones (excluding diaryl/α,β-unsaturated/α-hetero) is 1. The van der Waals surface area contributed by atoms with Crippen molar-refractivity contribution in [3.8, 4) is 5.75 Å². The molecule has 0 atom stereocenters. The monoisotopic (exact) mass is 541 g/mol. The van der Waals surface area contributed by atoms with Crippen LogP contribution in [0.25, 0.3) is 0 Å². The third kappa shape index (κ3) is 11.4. The van der Waals surface area contributed by atoms with Crippen LogP contribution in [-0.4, -0.2) is 48.1 Å². The van der Waals surface area contributed by atoms with Gasteiger partial charge in [-0.1, -0.05) is 44.4 Å². The van der Waals surface area contributed by atoms with E-state index in [1.807, 2.05) is 32.0 Å². The van der Waals surface area contributed by atoms with Crippen LogP contribution in [0.2, 0.25) is 0 Å². The Morgan fingerprint density at radius 2 is 1.63 bits per heavy atom. The fraction of sp³-hybridized carbons (Fsp3) is 0.448. The van der Waals surface area contributed by atoms with Crippen LogP contribution in [0.15, 0.2) is 59.7 Å². The summed E-state index contributed by atoms with van der Waals surface area (Å²) in [7, 11) is 0. The summed E-state index contributed by atoms with van der Waals surface area (Å²) < 4.78 is 11.1. The molecule has 0 aliphatic rings. The van der Waals surface area contributed by atoms with Gasteiger partial charge in [-0.15, -0.1) is 0 Å². The van der Waals surface area contributed by atoms with Crippen LogP contribution in [0.4, 0.5) is 11.4 Å². The van der Waals surface area contributed by atoms with Crippen molar-refractivity contribution >= 4 is 46.5 Å². The van der Waals surface area contributed by atoms with Crippen LogP contribution in [0, 0.1) is 5.41 Å². The summed E-state index contributed by atoms with van der Waals surface area (Å²) in [4.78, 5) is 36.9. The molecule has 0 saturated carbocycles. The maximum absolute atomic E-state index is 12.6. The van der Waals surface area contributed by atoms with Crippen molar-refractivity contribution in [1.82, 2.24) is 0 Å². The van der Waals surface area contributed by atoms with Gasteiger partial charge in [0.1, 0.15) is 19.0 Å². The number of ketones is 1. The number of hydrazone groups is 1. The number of esters is 1. The Labute approximate surface area is 229 Å². The van der Waals surface area contributed by atoms with Crippen molar-refractivity contribution in [2.75, 3.05) is 35.5 Å². The average molecular weight is 542 g/mol. The first kappa shape index (κ1) is 30.9. The standard InChI is InChI=1S/C29H39N3O5S/c1-5-6-7-11-20-38-21-29(3,4)28(35)37-19-18-36-25-16-14-23(15-17-25)30-27(34)26(22(2)33)32-31-24-12-9-8-10-13-24/h8-10,12-17,31H,5-7,11,18-21H2,1-4H3,(H,30,34)/b32-26+. The van der Waals surface area contributed by atoms with Gasteiger partial charge in [0.2, 0.25) is 0 Å². The summed E-state index contributed by atoms with van der Waals surface area (Å²) in [5, 5.41) is 6.62. The number of thioether (sulfide) groups is 1. The normalized spacial score (nSPS) is 11.5. The highest BCUT2D eigenvalue weighted by molar-refractivity contribution is 7.99. The molecule has 0 saturated heterocycles. The number of anilines is 2. The Kier molecular flexibility index (Phi) is 13.4. The summed E-state index contributed by atoms with van der Waals surface area (Å²) in [5.74, 6) is 1.03. The maximum atomic E-state index is 12.6. The zero-order valence-corrected chi connectivity index (χ0v) is 23.6. The van der Waals surface area contributed by atoms with Crippen LogP contribution in [0.3, 0.4) is 0 Å². The number of hydrogen-bond acceptors (Lipinski definition) is 8. The fourth-order valence-electron chi connectivity index (χ4n) is 3.25. The number of rotatable bonds is 17. The molecule has 0 radical (unpaired) electrons. The molecule has 2 aromatic carbocycles. The zero-order chi connectivity index (χ0) is 27.8. The summed E-state index contributed by atoms with van der Waals surface area (Å²) in [5.41, 5.74) is 3.07. The first-order chi connectivity index (χ1) is 18.2. The maximum Gasteiger partial charge on any atom is 0.312 e. The van der Waals surface area contributed by atoms with Gasteiger partial charge in [-0.2, -0.15) is 16.9 Å². The Bertz CT molecular complexity index is 1060. The molecule has 206 valence electrons. The first-order valence-electron chi connectivity index (χ1n) is 12.9. The number of para-hydroxylation sites is 1. The summed E-state index contributed by atoms with van der Waals surface area (Å²) >= 11 is 1.79. The van der Waals surface area contributed by atoms with E-state index in [1.165, 1.54) is 32.6 Å².